The lowest BCUT2D eigenvalue weighted by molar-refractivity contribution is 0.0943. The second kappa shape index (κ2) is 8.57. The molecule has 19 heavy (non-hydrogen) atoms. The monoisotopic (exact) mass is 263 g/mol. The molecule has 0 bridgehead atoms. The lowest BCUT2D eigenvalue weighted by atomic mass is 10.2. The summed E-state index contributed by atoms with van der Waals surface area (Å²) in [7, 11) is 0. The second-order valence-electron chi connectivity index (χ2n) is 5.06. The van der Waals surface area contributed by atoms with Crippen molar-refractivity contribution in [2.45, 2.75) is 52.5 Å². The highest BCUT2D eigenvalue weighted by Crippen LogP contribution is 2.13. The third-order valence-electron chi connectivity index (χ3n) is 2.80. The van der Waals surface area contributed by atoms with Gasteiger partial charge in [0, 0.05) is 11.6 Å². The van der Waals surface area contributed by atoms with Crippen LogP contribution in [0.5, 0.6) is 5.75 Å². The molecule has 0 aliphatic rings. The zero-order chi connectivity index (χ0) is 14.1. The molecule has 0 saturated carbocycles. The average Bonchev–Trinajstić information content (AvgIpc) is 2.38. The number of hydrogen-bond acceptors (Lipinski definition) is 2. The molecule has 0 radical (unpaired) electrons. The van der Waals surface area contributed by atoms with Gasteiger partial charge in [-0.2, -0.15) is 0 Å². The molecule has 1 rings (SSSR count). The zero-order valence-electron chi connectivity index (χ0n) is 12.2. The van der Waals surface area contributed by atoms with E-state index in [1.165, 1.54) is 19.3 Å². The number of nitrogens with one attached hydrogen (secondary N) is 1. The van der Waals surface area contributed by atoms with Crippen molar-refractivity contribution in [1.29, 1.82) is 0 Å². The zero-order valence-corrected chi connectivity index (χ0v) is 12.2. The van der Waals surface area contributed by atoms with Gasteiger partial charge in [-0.05, 0) is 44.5 Å². The van der Waals surface area contributed by atoms with Crippen molar-refractivity contribution in [2.24, 2.45) is 0 Å². The molecule has 3 nitrogen and oxygen atoms in total. The minimum absolute atomic E-state index is 0.0375. The van der Waals surface area contributed by atoms with Crippen molar-refractivity contribution in [3.63, 3.8) is 0 Å². The van der Waals surface area contributed by atoms with Crippen molar-refractivity contribution in [3.8, 4) is 5.75 Å². The molecule has 1 aromatic carbocycles. The van der Waals surface area contributed by atoms with Crippen LogP contribution in [0.1, 0.15) is 56.8 Å². The van der Waals surface area contributed by atoms with Gasteiger partial charge in [0.15, 0.2) is 0 Å². The Morgan fingerprint density at radius 3 is 2.42 bits per heavy atom. The molecule has 0 aliphatic carbocycles. The third-order valence-corrected chi connectivity index (χ3v) is 2.80. The largest absolute Gasteiger partial charge is 0.494 e. The van der Waals surface area contributed by atoms with Gasteiger partial charge in [0.05, 0.1) is 6.61 Å². The van der Waals surface area contributed by atoms with Gasteiger partial charge in [-0.1, -0.05) is 26.2 Å². The molecule has 1 amide bonds. The van der Waals surface area contributed by atoms with Crippen LogP contribution in [0.2, 0.25) is 0 Å². The summed E-state index contributed by atoms with van der Waals surface area (Å²) in [5.74, 6) is 0.794. The van der Waals surface area contributed by atoms with Crippen LogP contribution < -0.4 is 10.1 Å². The third kappa shape index (κ3) is 6.27. The smallest absolute Gasteiger partial charge is 0.251 e. The van der Waals surface area contributed by atoms with Gasteiger partial charge in [0.1, 0.15) is 5.75 Å². The van der Waals surface area contributed by atoms with Gasteiger partial charge in [-0.15, -0.1) is 0 Å². The van der Waals surface area contributed by atoms with Gasteiger partial charge >= 0.3 is 0 Å². The van der Waals surface area contributed by atoms with Crippen molar-refractivity contribution in [3.05, 3.63) is 29.8 Å². The topological polar surface area (TPSA) is 38.3 Å². The van der Waals surface area contributed by atoms with Gasteiger partial charge in [-0.3, -0.25) is 4.79 Å². The highest BCUT2D eigenvalue weighted by molar-refractivity contribution is 5.94. The number of ether oxygens (including phenoxy) is 1. The Labute approximate surface area is 116 Å². The normalized spacial score (nSPS) is 10.5. The summed E-state index contributed by atoms with van der Waals surface area (Å²) >= 11 is 0. The summed E-state index contributed by atoms with van der Waals surface area (Å²) in [4.78, 5) is 11.7. The van der Waals surface area contributed by atoms with Crippen molar-refractivity contribution >= 4 is 5.91 Å². The first-order valence-corrected chi connectivity index (χ1v) is 7.17. The molecule has 0 fully saturated rings. The SMILES string of the molecule is CCCCCCOc1ccc(C(=O)NC(C)C)cc1. The average molecular weight is 263 g/mol. The highest BCUT2D eigenvalue weighted by atomic mass is 16.5. The molecular formula is C16H25NO2. The minimum Gasteiger partial charge on any atom is -0.494 e. The number of unbranched alkanes of at least 4 members (excludes halogenated alkanes) is 3. The number of carbonyl (C=O) groups is 1. The van der Waals surface area contributed by atoms with Crippen LogP contribution in [-0.4, -0.2) is 18.6 Å². The van der Waals surface area contributed by atoms with Crippen molar-refractivity contribution in [2.75, 3.05) is 6.61 Å². The molecule has 106 valence electrons. The maximum absolute atomic E-state index is 11.7. The van der Waals surface area contributed by atoms with Crippen LogP contribution in [0.15, 0.2) is 24.3 Å². The van der Waals surface area contributed by atoms with Crippen LogP contribution in [0.25, 0.3) is 0 Å². The molecule has 0 aliphatic heterocycles. The van der Waals surface area contributed by atoms with E-state index >= 15 is 0 Å². The fourth-order valence-electron chi connectivity index (χ4n) is 1.77. The summed E-state index contributed by atoms with van der Waals surface area (Å²) in [5.41, 5.74) is 0.673. The van der Waals surface area contributed by atoms with Crippen LogP contribution in [0.4, 0.5) is 0 Å². The maximum Gasteiger partial charge on any atom is 0.251 e. The van der Waals surface area contributed by atoms with E-state index in [0.717, 1.165) is 18.8 Å². The molecular weight excluding hydrogens is 238 g/mol. The van der Waals surface area contributed by atoms with Gasteiger partial charge in [0.2, 0.25) is 0 Å². The van der Waals surface area contributed by atoms with E-state index < -0.39 is 0 Å². The Bertz CT molecular complexity index is 371. The minimum atomic E-state index is -0.0375. The molecule has 0 aromatic heterocycles. The van der Waals surface area contributed by atoms with Gasteiger partial charge in [0.25, 0.3) is 5.91 Å². The highest BCUT2D eigenvalue weighted by Gasteiger charge is 2.06. The Kier molecular flexibility index (Phi) is 7.01. The quantitative estimate of drug-likeness (QED) is 0.725. The number of benzene rings is 1. The summed E-state index contributed by atoms with van der Waals surface area (Å²) in [6.07, 6.45) is 4.80. The van der Waals surface area contributed by atoms with Crippen molar-refractivity contribution in [1.82, 2.24) is 5.32 Å². The molecule has 0 heterocycles. The van der Waals surface area contributed by atoms with Gasteiger partial charge in [-0.25, -0.2) is 0 Å². The Morgan fingerprint density at radius 2 is 1.84 bits per heavy atom. The first-order chi connectivity index (χ1) is 9.13. The van der Waals surface area contributed by atoms with E-state index in [1.807, 2.05) is 26.0 Å². The van der Waals surface area contributed by atoms with Crippen LogP contribution >= 0.6 is 0 Å². The lowest BCUT2D eigenvalue weighted by Gasteiger charge is -2.09. The number of hydrogen-bond donors (Lipinski definition) is 1. The molecule has 3 heteroatoms. The molecule has 0 unspecified atom stereocenters. The fraction of sp³-hybridized carbons (Fsp3) is 0.562. The molecule has 0 atom stereocenters. The number of carbonyl (C=O) groups excluding carboxylic acids is 1. The molecule has 0 saturated heterocycles. The standard InChI is InChI=1S/C16H25NO2/c1-4-5-6-7-12-19-15-10-8-14(9-11-15)16(18)17-13(2)3/h8-11,13H,4-7,12H2,1-3H3,(H,17,18). The fourth-order valence-corrected chi connectivity index (χ4v) is 1.77. The first kappa shape index (κ1) is 15.5. The van der Waals surface area contributed by atoms with E-state index in [2.05, 4.69) is 12.2 Å². The summed E-state index contributed by atoms with van der Waals surface area (Å²) in [6.45, 7) is 6.84. The number of rotatable bonds is 8. The number of amides is 1. The van der Waals surface area contributed by atoms with E-state index in [9.17, 15) is 4.79 Å². The Balaban J connectivity index is 2.37. The van der Waals surface area contributed by atoms with E-state index in [-0.39, 0.29) is 11.9 Å². The molecule has 1 N–H and O–H groups in total. The Hall–Kier alpha value is -1.51. The van der Waals surface area contributed by atoms with E-state index in [0.29, 0.717) is 5.56 Å². The predicted molar refractivity (Wildman–Crippen MR) is 78.7 cm³/mol. The Morgan fingerprint density at radius 1 is 1.16 bits per heavy atom. The predicted octanol–water partition coefficient (Wildman–Crippen LogP) is 3.78. The summed E-state index contributed by atoms with van der Waals surface area (Å²) < 4.78 is 5.64. The summed E-state index contributed by atoms with van der Waals surface area (Å²) in [5, 5.41) is 2.87. The van der Waals surface area contributed by atoms with Crippen LogP contribution in [0, 0.1) is 0 Å². The van der Waals surface area contributed by atoms with Crippen LogP contribution in [0.3, 0.4) is 0 Å². The molecule has 1 aromatic rings. The lowest BCUT2D eigenvalue weighted by Crippen LogP contribution is -2.29. The van der Waals surface area contributed by atoms with Gasteiger partial charge < -0.3 is 10.1 Å². The summed E-state index contributed by atoms with van der Waals surface area (Å²) in [6, 6.07) is 7.48. The molecule has 0 spiro atoms. The maximum atomic E-state index is 11.7. The second-order valence-corrected chi connectivity index (χ2v) is 5.06. The van der Waals surface area contributed by atoms with E-state index in [4.69, 9.17) is 4.74 Å². The van der Waals surface area contributed by atoms with Crippen LogP contribution in [-0.2, 0) is 0 Å². The van der Waals surface area contributed by atoms with Crippen molar-refractivity contribution < 1.29 is 9.53 Å². The van der Waals surface area contributed by atoms with E-state index in [1.54, 1.807) is 12.1 Å². The first-order valence-electron chi connectivity index (χ1n) is 7.17.